The van der Waals surface area contributed by atoms with Gasteiger partial charge in [-0.15, -0.1) is 0 Å². The lowest BCUT2D eigenvalue weighted by atomic mass is 10.2. The molecule has 1 aliphatic carbocycles. The van der Waals surface area contributed by atoms with Crippen LogP contribution in [-0.2, 0) is 6.54 Å². The summed E-state index contributed by atoms with van der Waals surface area (Å²) in [5.74, 6) is 0. The summed E-state index contributed by atoms with van der Waals surface area (Å²) in [7, 11) is 0. The van der Waals surface area contributed by atoms with Gasteiger partial charge in [0.2, 0.25) is 0 Å². The zero-order chi connectivity index (χ0) is 13.9. The van der Waals surface area contributed by atoms with Crippen molar-refractivity contribution in [3.8, 4) is 0 Å². The Balaban J connectivity index is 1.55. The molecule has 20 heavy (non-hydrogen) atoms. The minimum atomic E-state index is 0.508. The van der Waals surface area contributed by atoms with Crippen molar-refractivity contribution in [2.24, 2.45) is 0 Å². The number of benzene rings is 1. The molecule has 0 amide bonds. The van der Waals surface area contributed by atoms with Gasteiger partial charge in [0.15, 0.2) is 5.22 Å². The number of hydrogen-bond acceptors (Lipinski definition) is 3. The Hall–Kier alpha value is -1.03. The normalized spacial score (nSPS) is 15.3. The molecule has 0 bridgehead atoms. The van der Waals surface area contributed by atoms with E-state index in [9.17, 15) is 0 Å². The Kier molecular flexibility index (Phi) is 4.29. The number of nitrogens with zero attached hydrogens (tertiary/aromatic N) is 1. The monoisotopic (exact) mass is 292 g/mol. The van der Waals surface area contributed by atoms with Crippen LogP contribution in [0.4, 0.5) is 0 Å². The Morgan fingerprint density at radius 2 is 2.15 bits per heavy atom. The smallest absolute Gasteiger partial charge is 0.199 e. The van der Waals surface area contributed by atoms with Gasteiger partial charge in [-0.2, -0.15) is 0 Å². The molecular weight excluding hydrogens is 272 g/mol. The molecule has 1 N–H and O–H groups in total. The molecular formula is C16H21ClN2O. The minimum Gasteiger partial charge on any atom is -0.444 e. The molecule has 3 rings (SSSR count). The summed E-state index contributed by atoms with van der Waals surface area (Å²) >= 11 is 6.18. The van der Waals surface area contributed by atoms with Crippen LogP contribution < -0.4 is 5.32 Å². The molecule has 0 spiro atoms. The molecule has 0 atom stereocenters. The number of likely N-dealkylation sites (N-methyl/N-ethyl adjacent to an activating group) is 1. The molecule has 1 aliphatic rings. The van der Waals surface area contributed by atoms with Crippen molar-refractivity contribution in [2.45, 2.75) is 32.4 Å². The predicted molar refractivity (Wildman–Crippen MR) is 83.2 cm³/mol. The largest absolute Gasteiger partial charge is 0.444 e. The summed E-state index contributed by atoms with van der Waals surface area (Å²) in [5, 5.41) is 5.10. The topological polar surface area (TPSA) is 28.4 Å². The second-order valence-corrected chi connectivity index (χ2v) is 5.73. The van der Waals surface area contributed by atoms with Crippen LogP contribution in [0.3, 0.4) is 0 Å². The second-order valence-electron chi connectivity index (χ2n) is 5.39. The number of para-hydroxylation sites is 1. The summed E-state index contributed by atoms with van der Waals surface area (Å²) in [4.78, 5) is 2.54. The van der Waals surface area contributed by atoms with Gasteiger partial charge in [0, 0.05) is 36.6 Å². The predicted octanol–water partition coefficient (Wildman–Crippen LogP) is 3.66. The van der Waals surface area contributed by atoms with Crippen LogP contribution >= 0.6 is 11.6 Å². The average molecular weight is 293 g/mol. The van der Waals surface area contributed by atoms with E-state index >= 15 is 0 Å². The van der Waals surface area contributed by atoms with Gasteiger partial charge in [-0.05, 0) is 37.1 Å². The molecule has 1 aromatic carbocycles. The van der Waals surface area contributed by atoms with Crippen molar-refractivity contribution in [1.29, 1.82) is 0 Å². The van der Waals surface area contributed by atoms with E-state index < -0.39 is 0 Å². The first kappa shape index (κ1) is 13.9. The van der Waals surface area contributed by atoms with Gasteiger partial charge in [0.05, 0.1) is 0 Å². The van der Waals surface area contributed by atoms with E-state index in [-0.39, 0.29) is 0 Å². The fraction of sp³-hybridized carbons (Fsp3) is 0.500. The average Bonchev–Trinajstić information content (AvgIpc) is 3.24. The van der Waals surface area contributed by atoms with Crippen molar-refractivity contribution in [3.05, 3.63) is 35.0 Å². The molecule has 4 heteroatoms. The van der Waals surface area contributed by atoms with Crippen LogP contribution in [0.15, 0.2) is 28.7 Å². The van der Waals surface area contributed by atoms with Crippen LogP contribution in [0.1, 0.15) is 25.3 Å². The van der Waals surface area contributed by atoms with Crippen molar-refractivity contribution in [2.75, 3.05) is 19.6 Å². The van der Waals surface area contributed by atoms with Crippen LogP contribution in [0.25, 0.3) is 11.0 Å². The first-order valence-electron chi connectivity index (χ1n) is 7.40. The van der Waals surface area contributed by atoms with Gasteiger partial charge in [-0.1, -0.05) is 25.1 Å². The standard InChI is InChI=1S/C16H21ClN2O/c1-2-19(12-7-8-12)10-9-18-11-14-13-5-3-4-6-15(13)20-16(14)17/h3-6,12,18H,2,7-11H2,1H3. The zero-order valence-corrected chi connectivity index (χ0v) is 12.6. The van der Waals surface area contributed by atoms with E-state index in [1.165, 1.54) is 12.8 Å². The molecule has 3 nitrogen and oxygen atoms in total. The van der Waals surface area contributed by atoms with E-state index in [1.807, 2.05) is 18.2 Å². The zero-order valence-electron chi connectivity index (χ0n) is 11.9. The number of rotatable bonds is 7. The highest BCUT2D eigenvalue weighted by Gasteiger charge is 2.27. The highest BCUT2D eigenvalue weighted by molar-refractivity contribution is 6.30. The molecule has 1 aromatic heterocycles. The number of fused-ring (bicyclic) bond motifs is 1. The maximum Gasteiger partial charge on any atom is 0.199 e. The SMILES string of the molecule is CCN(CCNCc1c(Cl)oc2ccccc12)C1CC1. The lowest BCUT2D eigenvalue weighted by molar-refractivity contribution is 0.277. The maximum atomic E-state index is 6.18. The molecule has 0 radical (unpaired) electrons. The second kappa shape index (κ2) is 6.17. The maximum absolute atomic E-state index is 6.18. The summed E-state index contributed by atoms with van der Waals surface area (Å²) < 4.78 is 5.56. The Labute approximate surface area is 124 Å². The third-order valence-electron chi connectivity index (χ3n) is 4.00. The molecule has 2 aromatic rings. The number of halogens is 1. The molecule has 0 aliphatic heterocycles. The minimum absolute atomic E-state index is 0.508. The Morgan fingerprint density at radius 3 is 2.90 bits per heavy atom. The summed E-state index contributed by atoms with van der Waals surface area (Å²) in [6.07, 6.45) is 2.73. The first-order valence-corrected chi connectivity index (χ1v) is 7.78. The lowest BCUT2D eigenvalue weighted by Gasteiger charge is -2.19. The van der Waals surface area contributed by atoms with Crippen LogP contribution in [-0.4, -0.2) is 30.6 Å². The van der Waals surface area contributed by atoms with E-state index in [0.29, 0.717) is 5.22 Å². The highest BCUT2D eigenvalue weighted by Crippen LogP contribution is 2.29. The van der Waals surface area contributed by atoms with Gasteiger partial charge < -0.3 is 9.73 Å². The van der Waals surface area contributed by atoms with E-state index in [1.54, 1.807) is 0 Å². The van der Waals surface area contributed by atoms with Gasteiger partial charge in [-0.25, -0.2) is 0 Å². The summed E-state index contributed by atoms with van der Waals surface area (Å²) in [6, 6.07) is 8.83. The van der Waals surface area contributed by atoms with E-state index in [2.05, 4.69) is 23.2 Å². The van der Waals surface area contributed by atoms with Gasteiger partial charge in [0.25, 0.3) is 0 Å². The van der Waals surface area contributed by atoms with Crippen LogP contribution in [0.2, 0.25) is 5.22 Å². The quantitative estimate of drug-likeness (QED) is 0.790. The van der Waals surface area contributed by atoms with Crippen LogP contribution in [0, 0.1) is 0 Å². The summed E-state index contributed by atoms with van der Waals surface area (Å²) in [6.45, 7) is 6.23. The van der Waals surface area contributed by atoms with E-state index in [4.69, 9.17) is 16.0 Å². The van der Waals surface area contributed by atoms with Crippen molar-refractivity contribution < 1.29 is 4.42 Å². The van der Waals surface area contributed by atoms with Crippen LogP contribution in [0.5, 0.6) is 0 Å². The molecule has 1 heterocycles. The van der Waals surface area contributed by atoms with Gasteiger partial charge >= 0.3 is 0 Å². The van der Waals surface area contributed by atoms with Gasteiger partial charge in [-0.3, -0.25) is 4.90 Å². The molecule has 0 saturated heterocycles. The fourth-order valence-corrected chi connectivity index (χ4v) is 2.96. The lowest BCUT2D eigenvalue weighted by Crippen LogP contribution is -2.33. The third kappa shape index (κ3) is 3.00. The Morgan fingerprint density at radius 1 is 1.35 bits per heavy atom. The number of furan rings is 1. The van der Waals surface area contributed by atoms with Crippen molar-refractivity contribution in [1.82, 2.24) is 10.2 Å². The molecule has 108 valence electrons. The Bertz CT molecular complexity index is 577. The molecule has 1 saturated carbocycles. The fourth-order valence-electron chi connectivity index (χ4n) is 2.71. The van der Waals surface area contributed by atoms with E-state index in [0.717, 1.165) is 48.8 Å². The molecule has 0 unspecified atom stereocenters. The summed E-state index contributed by atoms with van der Waals surface area (Å²) in [5.41, 5.74) is 1.93. The highest BCUT2D eigenvalue weighted by atomic mass is 35.5. The van der Waals surface area contributed by atoms with Crippen molar-refractivity contribution >= 4 is 22.6 Å². The molecule has 1 fully saturated rings. The number of nitrogens with one attached hydrogen (secondary N) is 1. The number of hydrogen-bond donors (Lipinski definition) is 1. The van der Waals surface area contributed by atoms with Crippen molar-refractivity contribution in [3.63, 3.8) is 0 Å². The third-order valence-corrected chi connectivity index (χ3v) is 4.30. The first-order chi connectivity index (χ1) is 9.79. The van der Waals surface area contributed by atoms with Gasteiger partial charge in [0.1, 0.15) is 5.58 Å².